The molecule has 2 N–H and O–H groups in total. The fourth-order valence-corrected chi connectivity index (χ4v) is 2.70. The van der Waals surface area contributed by atoms with Gasteiger partial charge in [-0.15, -0.1) is 0 Å². The molecule has 0 saturated carbocycles. The van der Waals surface area contributed by atoms with Crippen molar-refractivity contribution in [3.8, 4) is 0 Å². The summed E-state index contributed by atoms with van der Waals surface area (Å²) in [6, 6.07) is 7.10. The molecule has 4 nitrogen and oxygen atoms in total. The molecular formula is C19H13F6N3O. The first-order valence-electron chi connectivity index (χ1n) is 8.20. The Labute approximate surface area is 160 Å². The van der Waals surface area contributed by atoms with E-state index >= 15 is 0 Å². The lowest BCUT2D eigenvalue weighted by Crippen LogP contribution is -2.28. The van der Waals surface area contributed by atoms with Crippen LogP contribution in [0.5, 0.6) is 0 Å². The summed E-state index contributed by atoms with van der Waals surface area (Å²) >= 11 is 0. The van der Waals surface area contributed by atoms with E-state index in [1.807, 2.05) is 0 Å². The number of aromatic nitrogens is 1. The number of hydrogen-bond acceptors (Lipinski definition) is 2. The third-order valence-corrected chi connectivity index (χ3v) is 4.03. The van der Waals surface area contributed by atoms with E-state index in [2.05, 4.69) is 15.6 Å². The van der Waals surface area contributed by atoms with Gasteiger partial charge in [0.15, 0.2) is 0 Å². The Morgan fingerprint density at radius 3 is 2.21 bits per heavy atom. The van der Waals surface area contributed by atoms with E-state index in [9.17, 15) is 31.1 Å². The number of carbonyl (C=O) groups excluding carboxylic acids is 1. The largest absolute Gasteiger partial charge is 0.416 e. The molecule has 1 heterocycles. The minimum atomic E-state index is -4.95. The van der Waals surface area contributed by atoms with E-state index < -0.39 is 36.1 Å². The Morgan fingerprint density at radius 2 is 1.59 bits per heavy atom. The first-order chi connectivity index (χ1) is 13.5. The Morgan fingerprint density at radius 1 is 0.931 bits per heavy atom. The normalized spacial score (nSPS) is 12.1. The van der Waals surface area contributed by atoms with Crippen LogP contribution in [0, 0.1) is 0 Å². The molecule has 0 bridgehead atoms. The van der Waals surface area contributed by atoms with Crippen molar-refractivity contribution >= 4 is 22.5 Å². The van der Waals surface area contributed by atoms with Crippen molar-refractivity contribution in [3.63, 3.8) is 0 Å². The molecule has 2 aromatic carbocycles. The standard InChI is InChI=1S/C19H13F6N3O/c20-18(21,22)13-6-11(7-14(8-13)19(23,24)25)9-27-17(29)28-16-3-1-2-12-10-26-5-4-15(12)16/h1-8,10H,9H2,(H2,27,28,29). The number of hydrogen-bond donors (Lipinski definition) is 2. The number of pyridine rings is 1. The van der Waals surface area contributed by atoms with Crippen LogP contribution in [0.4, 0.5) is 36.8 Å². The Kier molecular flexibility index (Phi) is 5.36. The number of nitrogens with one attached hydrogen (secondary N) is 2. The number of rotatable bonds is 3. The maximum absolute atomic E-state index is 12.9. The number of urea groups is 1. The van der Waals surface area contributed by atoms with Crippen molar-refractivity contribution in [1.82, 2.24) is 10.3 Å². The van der Waals surface area contributed by atoms with E-state index in [4.69, 9.17) is 0 Å². The van der Waals surface area contributed by atoms with Gasteiger partial charge in [0.05, 0.1) is 16.8 Å². The average Bonchev–Trinajstić information content (AvgIpc) is 2.65. The number of anilines is 1. The maximum atomic E-state index is 12.9. The van der Waals surface area contributed by atoms with Gasteiger partial charge in [-0.1, -0.05) is 12.1 Å². The molecule has 10 heteroatoms. The highest BCUT2D eigenvalue weighted by Gasteiger charge is 2.36. The van der Waals surface area contributed by atoms with Crippen LogP contribution < -0.4 is 10.6 Å². The molecule has 0 fully saturated rings. The molecule has 0 saturated heterocycles. The molecule has 0 aliphatic carbocycles. The molecule has 3 aromatic rings. The van der Waals surface area contributed by atoms with Gasteiger partial charge < -0.3 is 10.6 Å². The number of fused-ring (bicyclic) bond motifs is 1. The van der Waals surface area contributed by atoms with Crippen LogP contribution in [0.1, 0.15) is 16.7 Å². The van der Waals surface area contributed by atoms with Crippen LogP contribution in [0.3, 0.4) is 0 Å². The number of carbonyl (C=O) groups is 1. The Hall–Kier alpha value is -3.30. The van der Waals surface area contributed by atoms with Gasteiger partial charge in [-0.05, 0) is 35.9 Å². The van der Waals surface area contributed by atoms with Gasteiger partial charge in [0.2, 0.25) is 0 Å². The van der Waals surface area contributed by atoms with E-state index in [1.54, 1.807) is 30.5 Å². The van der Waals surface area contributed by atoms with Crippen LogP contribution in [0.2, 0.25) is 0 Å². The molecule has 0 atom stereocenters. The number of halogens is 6. The first kappa shape index (κ1) is 20.4. The fraction of sp³-hybridized carbons (Fsp3) is 0.158. The lowest BCUT2D eigenvalue weighted by Gasteiger charge is -2.15. The molecule has 3 rings (SSSR count). The van der Waals surface area contributed by atoms with Crippen molar-refractivity contribution < 1.29 is 31.1 Å². The van der Waals surface area contributed by atoms with Crippen LogP contribution in [-0.2, 0) is 18.9 Å². The summed E-state index contributed by atoms with van der Waals surface area (Å²) in [5, 5.41) is 6.22. The van der Waals surface area contributed by atoms with Gasteiger partial charge in [-0.2, -0.15) is 26.3 Å². The minimum absolute atomic E-state index is 0.0354. The topological polar surface area (TPSA) is 54.0 Å². The molecule has 0 spiro atoms. The minimum Gasteiger partial charge on any atom is -0.334 e. The Balaban J connectivity index is 1.77. The fourth-order valence-electron chi connectivity index (χ4n) is 2.70. The zero-order chi connectivity index (χ0) is 21.2. The monoisotopic (exact) mass is 413 g/mol. The number of amides is 2. The summed E-state index contributed by atoms with van der Waals surface area (Å²) < 4.78 is 77.4. The third-order valence-electron chi connectivity index (χ3n) is 4.03. The zero-order valence-corrected chi connectivity index (χ0v) is 14.5. The Bertz CT molecular complexity index is 1010. The van der Waals surface area contributed by atoms with Crippen LogP contribution >= 0.6 is 0 Å². The van der Waals surface area contributed by atoms with Crippen molar-refractivity contribution in [2.45, 2.75) is 18.9 Å². The van der Waals surface area contributed by atoms with E-state index in [0.29, 0.717) is 23.2 Å². The highest BCUT2D eigenvalue weighted by Crippen LogP contribution is 2.36. The predicted octanol–water partition coefficient (Wildman–Crippen LogP) is 5.59. The highest BCUT2D eigenvalue weighted by molar-refractivity contribution is 6.01. The van der Waals surface area contributed by atoms with Crippen molar-refractivity contribution in [3.05, 3.63) is 71.5 Å². The van der Waals surface area contributed by atoms with Gasteiger partial charge in [0.1, 0.15) is 0 Å². The maximum Gasteiger partial charge on any atom is 0.416 e. The highest BCUT2D eigenvalue weighted by atomic mass is 19.4. The van der Waals surface area contributed by atoms with Crippen LogP contribution in [0.15, 0.2) is 54.9 Å². The average molecular weight is 413 g/mol. The molecule has 1 aromatic heterocycles. The van der Waals surface area contributed by atoms with Crippen LogP contribution in [0.25, 0.3) is 10.8 Å². The molecule has 29 heavy (non-hydrogen) atoms. The summed E-state index contributed by atoms with van der Waals surface area (Å²) in [7, 11) is 0. The quantitative estimate of drug-likeness (QED) is 0.550. The molecule has 0 aliphatic rings. The molecule has 2 amide bonds. The first-order valence-corrected chi connectivity index (χ1v) is 8.20. The second-order valence-corrected chi connectivity index (χ2v) is 6.12. The molecule has 0 aliphatic heterocycles. The number of alkyl halides is 6. The van der Waals surface area contributed by atoms with Gasteiger partial charge in [-0.25, -0.2) is 4.79 Å². The van der Waals surface area contributed by atoms with Gasteiger partial charge in [0, 0.05) is 29.7 Å². The molecular weight excluding hydrogens is 400 g/mol. The second-order valence-electron chi connectivity index (χ2n) is 6.12. The van der Waals surface area contributed by atoms with Crippen molar-refractivity contribution in [2.75, 3.05) is 5.32 Å². The van der Waals surface area contributed by atoms with Crippen LogP contribution in [-0.4, -0.2) is 11.0 Å². The predicted molar refractivity (Wildman–Crippen MR) is 94.0 cm³/mol. The summed E-state index contributed by atoms with van der Waals surface area (Å²) in [6.07, 6.45) is -6.79. The lowest BCUT2D eigenvalue weighted by atomic mass is 10.0. The molecule has 152 valence electrons. The van der Waals surface area contributed by atoms with Crippen molar-refractivity contribution in [2.24, 2.45) is 0 Å². The van der Waals surface area contributed by atoms with Gasteiger partial charge in [0.25, 0.3) is 0 Å². The summed E-state index contributed by atoms with van der Waals surface area (Å²) in [5.74, 6) is 0. The van der Waals surface area contributed by atoms with E-state index in [0.717, 1.165) is 5.39 Å². The zero-order valence-electron chi connectivity index (χ0n) is 14.5. The number of nitrogens with zero attached hydrogens (tertiary/aromatic N) is 1. The smallest absolute Gasteiger partial charge is 0.334 e. The summed E-state index contributed by atoms with van der Waals surface area (Å²) in [6.45, 7) is -0.523. The van der Waals surface area contributed by atoms with Gasteiger partial charge in [-0.3, -0.25) is 4.98 Å². The third kappa shape index (κ3) is 4.95. The SMILES string of the molecule is O=C(NCc1cc(C(F)(F)F)cc(C(F)(F)F)c1)Nc1cccc2cnccc12. The summed E-state index contributed by atoms with van der Waals surface area (Å²) in [4.78, 5) is 16.1. The summed E-state index contributed by atoms with van der Waals surface area (Å²) in [5.41, 5.74) is -2.79. The van der Waals surface area contributed by atoms with Crippen molar-refractivity contribution in [1.29, 1.82) is 0 Å². The second kappa shape index (κ2) is 7.61. The van der Waals surface area contributed by atoms with Gasteiger partial charge >= 0.3 is 18.4 Å². The number of benzene rings is 2. The molecule has 0 radical (unpaired) electrons. The molecule has 0 unspecified atom stereocenters. The van der Waals surface area contributed by atoms with E-state index in [1.165, 1.54) is 6.20 Å². The van der Waals surface area contributed by atoms with E-state index in [-0.39, 0.29) is 11.6 Å². The lowest BCUT2D eigenvalue weighted by molar-refractivity contribution is -0.143.